The molecule has 0 aliphatic carbocycles. The van der Waals surface area contributed by atoms with Crippen molar-refractivity contribution in [1.29, 1.82) is 0 Å². The summed E-state index contributed by atoms with van der Waals surface area (Å²) in [5.74, 6) is 1.48. The first-order valence-electron chi connectivity index (χ1n) is 9.19. The topological polar surface area (TPSA) is 55.8 Å². The molecule has 0 spiro atoms. The molecular formula is C25H20O4. The van der Waals surface area contributed by atoms with E-state index < -0.39 is 0 Å². The maximum absolute atomic E-state index is 13.6. The molecule has 0 heterocycles. The average Bonchev–Trinajstić information content (AvgIpc) is 2.77. The van der Waals surface area contributed by atoms with Crippen LogP contribution in [0.3, 0.4) is 0 Å². The SMILES string of the molecule is COc1ccc(C(=O)c2c(-c3cccc(OC)c3)ccc3cc(O)ccc23)cc1. The Morgan fingerprint density at radius 3 is 2.28 bits per heavy atom. The van der Waals surface area contributed by atoms with E-state index >= 15 is 0 Å². The third-order valence-corrected chi connectivity index (χ3v) is 4.96. The molecule has 0 saturated heterocycles. The van der Waals surface area contributed by atoms with Crippen LogP contribution >= 0.6 is 0 Å². The Morgan fingerprint density at radius 2 is 1.55 bits per heavy atom. The zero-order chi connectivity index (χ0) is 20.4. The highest BCUT2D eigenvalue weighted by Gasteiger charge is 2.19. The van der Waals surface area contributed by atoms with Crippen LogP contribution in [0.25, 0.3) is 21.9 Å². The van der Waals surface area contributed by atoms with Crippen LogP contribution in [-0.4, -0.2) is 25.1 Å². The van der Waals surface area contributed by atoms with Crippen LogP contribution in [0, 0.1) is 0 Å². The van der Waals surface area contributed by atoms with E-state index in [4.69, 9.17) is 9.47 Å². The Bertz CT molecular complexity index is 1190. The van der Waals surface area contributed by atoms with E-state index in [1.54, 1.807) is 56.7 Å². The molecule has 0 bridgehead atoms. The number of benzene rings is 4. The van der Waals surface area contributed by atoms with Crippen LogP contribution < -0.4 is 9.47 Å². The van der Waals surface area contributed by atoms with Gasteiger partial charge in [0.15, 0.2) is 5.78 Å². The van der Waals surface area contributed by atoms with Crippen LogP contribution in [0.15, 0.2) is 78.9 Å². The number of aromatic hydroxyl groups is 1. The van der Waals surface area contributed by atoms with Crippen molar-refractivity contribution in [2.45, 2.75) is 0 Å². The lowest BCUT2D eigenvalue weighted by molar-refractivity contribution is 0.104. The molecule has 4 aromatic rings. The number of fused-ring (bicyclic) bond motifs is 1. The summed E-state index contributed by atoms with van der Waals surface area (Å²) in [6, 6.07) is 23.6. The number of phenols is 1. The van der Waals surface area contributed by atoms with Gasteiger partial charge in [-0.1, -0.05) is 24.3 Å². The van der Waals surface area contributed by atoms with E-state index in [9.17, 15) is 9.90 Å². The molecule has 29 heavy (non-hydrogen) atoms. The van der Waals surface area contributed by atoms with Gasteiger partial charge < -0.3 is 14.6 Å². The first-order valence-corrected chi connectivity index (χ1v) is 9.19. The van der Waals surface area contributed by atoms with Gasteiger partial charge in [-0.15, -0.1) is 0 Å². The van der Waals surface area contributed by atoms with Crippen LogP contribution in [-0.2, 0) is 0 Å². The normalized spacial score (nSPS) is 10.7. The summed E-state index contributed by atoms with van der Waals surface area (Å²) in [7, 11) is 3.21. The summed E-state index contributed by atoms with van der Waals surface area (Å²) in [4.78, 5) is 13.6. The van der Waals surface area contributed by atoms with Crippen molar-refractivity contribution in [3.05, 3.63) is 90.0 Å². The fourth-order valence-corrected chi connectivity index (χ4v) is 3.48. The number of rotatable bonds is 5. The number of carbonyl (C=O) groups excluding carboxylic acids is 1. The Labute approximate surface area is 169 Å². The third-order valence-electron chi connectivity index (χ3n) is 4.96. The van der Waals surface area contributed by atoms with Crippen LogP contribution in [0.2, 0.25) is 0 Å². The molecule has 0 fully saturated rings. The number of phenolic OH excluding ortho intramolecular Hbond substituents is 1. The van der Waals surface area contributed by atoms with Gasteiger partial charge in [-0.05, 0) is 76.5 Å². The number of hydrogen-bond donors (Lipinski definition) is 1. The molecule has 0 atom stereocenters. The molecule has 0 aliphatic heterocycles. The standard InChI is InChI=1S/C25H20O4/c1-28-20-10-6-16(7-11-20)25(27)24-22(17-4-3-5-21(15-17)29-2)12-8-18-14-19(26)9-13-23(18)24/h3-15,26H,1-2H3. The second-order valence-corrected chi connectivity index (χ2v) is 6.68. The Hall–Kier alpha value is -3.79. The molecular weight excluding hydrogens is 364 g/mol. The van der Waals surface area contributed by atoms with Crippen molar-refractivity contribution in [1.82, 2.24) is 0 Å². The summed E-state index contributed by atoms with van der Waals surface area (Å²) < 4.78 is 10.6. The van der Waals surface area contributed by atoms with Crippen molar-refractivity contribution in [2.24, 2.45) is 0 Å². The number of ketones is 1. The molecule has 4 heteroatoms. The van der Waals surface area contributed by atoms with Crippen molar-refractivity contribution in [3.8, 4) is 28.4 Å². The van der Waals surface area contributed by atoms with E-state index in [1.807, 2.05) is 36.4 Å². The molecule has 144 valence electrons. The molecule has 0 saturated carbocycles. The second kappa shape index (κ2) is 7.68. The lowest BCUT2D eigenvalue weighted by Crippen LogP contribution is -2.05. The Kier molecular flexibility index (Phi) is 4.92. The van der Waals surface area contributed by atoms with Crippen LogP contribution in [0.5, 0.6) is 17.2 Å². The van der Waals surface area contributed by atoms with E-state index in [-0.39, 0.29) is 11.5 Å². The van der Waals surface area contributed by atoms with Gasteiger partial charge in [0, 0.05) is 11.1 Å². The number of ether oxygens (including phenoxy) is 2. The largest absolute Gasteiger partial charge is 0.508 e. The molecule has 4 rings (SSSR count). The summed E-state index contributed by atoms with van der Waals surface area (Å²) in [5, 5.41) is 11.5. The van der Waals surface area contributed by atoms with Gasteiger partial charge in [-0.25, -0.2) is 0 Å². The smallest absolute Gasteiger partial charge is 0.194 e. The fourth-order valence-electron chi connectivity index (χ4n) is 3.48. The van der Waals surface area contributed by atoms with E-state index in [0.717, 1.165) is 27.6 Å². The third kappa shape index (κ3) is 3.52. The highest BCUT2D eigenvalue weighted by atomic mass is 16.5. The lowest BCUT2D eigenvalue weighted by atomic mass is 9.89. The van der Waals surface area contributed by atoms with Gasteiger partial charge in [0.2, 0.25) is 0 Å². The summed E-state index contributed by atoms with van der Waals surface area (Å²) in [6.07, 6.45) is 0. The molecule has 0 unspecified atom stereocenters. The van der Waals surface area contributed by atoms with Gasteiger partial charge in [-0.3, -0.25) is 4.79 Å². The quantitative estimate of drug-likeness (QED) is 0.464. The predicted octanol–water partition coefficient (Wildman–Crippen LogP) is 5.46. The summed E-state index contributed by atoms with van der Waals surface area (Å²) >= 11 is 0. The summed E-state index contributed by atoms with van der Waals surface area (Å²) in [5.41, 5.74) is 2.84. The zero-order valence-corrected chi connectivity index (χ0v) is 16.2. The number of carbonyl (C=O) groups is 1. The zero-order valence-electron chi connectivity index (χ0n) is 16.2. The van der Waals surface area contributed by atoms with Crippen molar-refractivity contribution >= 4 is 16.6 Å². The molecule has 1 N–H and O–H groups in total. The van der Waals surface area contributed by atoms with Crippen molar-refractivity contribution < 1.29 is 19.4 Å². The fraction of sp³-hybridized carbons (Fsp3) is 0.0800. The van der Waals surface area contributed by atoms with Gasteiger partial charge in [0.1, 0.15) is 17.2 Å². The minimum atomic E-state index is -0.0956. The molecule has 0 amide bonds. The van der Waals surface area contributed by atoms with Gasteiger partial charge in [0.05, 0.1) is 14.2 Å². The highest BCUT2D eigenvalue weighted by molar-refractivity contribution is 6.20. The van der Waals surface area contributed by atoms with E-state index in [0.29, 0.717) is 16.9 Å². The van der Waals surface area contributed by atoms with Gasteiger partial charge in [-0.2, -0.15) is 0 Å². The molecule has 0 aromatic heterocycles. The predicted molar refractivity (Wildman–Crippen MR) is 114 cm³/mol. The minimum absolute atomic E-state index is 0.0956. The van der Waals surface area contributed by atoms with Gasteiger partial charge >= 0.3 is 0 Å². The van der Waals surface area contributed by atoms with Gasteiger partial charge in [0.25, 0.3) is 0 Å². The monoisotopic (exact) mass is 384 g/mol. The Balaban J connectivity index is 1.96. The molecule has 0 aliphatic rings. The number of methoxy groups -OCH3 is 2. The van der Waals surface area contributed by atoms with E-state index in [1.165, 1.54) is 0 Å². The second-order valence-electron chi connectivity index (χ2n) is 6.68. The maximum atomic E-state index is 13.6. The minimum Gasteiger partial charge on any atom is -0.508 e. The van der Waals surface area contributed by atoms with Crippen molar-refractivity contribution in [2.75, 3.05) is 14.2 Å². The first kappa shape index (κ1) is 18.6. The lowest BCUT2D eigenvalue weighted by Gasteiger charge is -2.14. The van der Waals surface area contributed by atoms with Crippen molar-refractivity contribution in [3.63, 3.8) is 0 Å². The molecule has 4 aromatic carbocycles. The van der Waals surface area contributed by atoms with Crippen LogP contribution in [0.4, 0.5) is 0 Å². The van der Waals surface area contributed by atoms with E-state index in [2.05, 4.69) is 0 Å². The summed E-state index contributed by atoms with van der Waals surface area (Å²) in [6.45, 7) is 0. The first-order chi connectivity index (χ1) is 14.1. The maximum Gasteiger partial charge on any atom is 0.194 e. The molecule has 4 nitrogen and oxygen atoms in total. The molecule has 0 radical (unpaired) electrons. The average molecular weight is 384 g/mol. The van der Waals surface area contributed by atoms with Crippen LogP contribution in [0.1, 0.15) is 15.9 Å². The number of hydrogen-bond acceptors (Lipinski definition) is 4. The Morgan fingerprint density at radius 1 is 0.793 bits per heavy atom. The highest BCUT2D eigenvalue weighted by Crippen LogP contribution is 2.35.